The number of nitrogens with one attached hydrogen (secondary N) is 2. The molecule has 1 aromatic rings. The second kappa shape index (κ2) is 7.85. The molecule has 0 aliphatic heterocycles. The maximum Gasteiger partial charge on any atom is 0.242 e. The van der Waals surface area contributed by atoms with Crippen LogP contribution < -0.4 is 10.6 Å². The van der Waals surface area contributed by atoms with Gasteiger partial charge in [0.15, 0.2) is 0 Å². The van der Waals surface area contributed by atoms with Crippen molar-refractivity contribution in [3.8, 4) is 0 Å². The lowest BCUT2D eigenvalue weighted by atomic mass is 10.1. The number of amides is 2. The molecular formula is C14H18ClFN2O2. The molecule has 0 heterocycles. The highest BCUT2D eigenvalue weighted by Crippen LogP contribution is 2.19. The van der Waals surface area contributed by atoms with Crippen LogP contribution in [0.25, 0.3) is 0 Å². The Labute approximate surface area is 122 Å². The summed E-state index contributed by atoms with van der Waals surface area (Å²) in [5, 5.41) is 5.38. The number of carbonyl (C=O) groups excluding carboxylic acids is 2. The van der Waals surface area contributed by atoms with Crippen molar-refractivity contribution in [2.24, 2.45) is 0 Å². The lowest BCUT2D eigenvalue weighted by Gasteiger charge is -2.14. The van der Waals surface area contributed by atoms with E-state index in [0.29, 0.717) is 6.54 Å². The molecule has 110 valence electrons. The van der Waals surface area contributed by atoms with Gasteiger partial charge >= 0.3 is 0 Å². The number of carbonyl (C=O) groups is 2. The standard InChI is InChI=1S/C14H18ClFN2O2/c1-3-7-17-14(20)9(2)18-13(19)8-10-11(15)5-4-6-12(10)16/h4-6,9H,3,7-8H2,1-2H3,(H,17,20)(H,18,19)/t9-/m1/s1. The van der Waals surface area contributed by atoms with Gasteiger partial charge in [0.05, 0.1) is 6.42 Å². The van der Waals surface area contributed by atoms with Crippen molar-refractivity contribution in [3.05, 3.63) is 34.6 Å². The second-order valence-corrected chi connectivity index (χ2v) is 4.86. The molecule has 0 aliphatic rings. The van der Waals surface area contributed by atoms with Crippen molar-refractivity contribution in [1.29, 1.82) is 0 Å². The van der Waals surface area contributed by atoms with E-state index in [1.165, 1.54) is 18.2 Å². The van der Waals surface area contributed by atoms with Crippen LogP contribution >= 0.6 is 11.6 Å². The van der Waals surface area contributed by atoms with Crippen LogP contribution in [0.4, 0.5) is 4.39 Å². The highest BCUT2D eigenvalue weighted by Gasteiger charge is 2.17. The van der Waals surface area contributed by atoms with Crippen molar-refractivity contribution in [2.45, 2.75) is 32.7 Å². The SMILES string of the molecule is CCCNC(=O)[C@@H](C)NC(=O)Cc1c(F)cccc1Cl. The first kappa shape index (κ1) is 16.4. The first-order valence-corrected chi connectivity index (χ1v) is 6.83. The Balaban J connectivity index is 2.57. The third-order valence-corrected chi connectivity index (χ3v) is 3.07. The van der Waals surface area contributed by atoms with E-state index in [0.717, 1.165) is 6.42 Å². The molecule has 0 aliphatic carbocycles. The van der Waals surface area contributed by atoms with Crippen molar-refractivity contribution in [2.75, 3.05) is 6.54 Å². The smallest absolute Gasteiger partial charge is 0.242 e. The maximum absolute atomic E-state index is 13.5. The van der Waals surface area contributed by atoms with Gasteiger partial charge < -0.3 is 10.6 Å². The first-order valence-electron chi connectivity index (χ1n) is 6.45. The fourth-order valence-electron chi connectivity index (χ4n) is 1.62. The number of rotatable bonds is 6. The molecule has 1 atom stereocenters. The van der Waals surface area contributed by atoms with Crippen molar-refractivity contribution >= 4 is 23.4 Å². The molecule has 2 amide bonds. The lowest BCUT2D eigenvalue weighted by molar-refractivity contribution is -0.128. The quantitative estimate of drug-likeness (QED) is 0.845. The molecule has 1 aromatic carbocycles. The van der Waals surface area contributed by atoms with Gasteiger partial charge in [-0.15, -0.1) is 0 Å². The van der Waals surface area contributed by atoms with E-state index >= 15 is 0 Å². The largest absolute Gasteiger partial charge is 0.354 e. The molecule has 0 saturated heterocycles. The van der Waals surface area contributed by atoms with E-state index in [2.05, 4.69) is 10.6 Å². The third kappa shape index (κ3) is 4.81. The predicted octanol–water partition coefficient (Wildman–Crippen LogP) is 2.05. The van der Waals surface area contributed by atoms with Crippen LogP contribution in [0.2, 0.25) is 5.02 Å². The number of hydrogen-bond donors (Lipinski definition) is 2. The van der Waals surface area contributed by atoms with Gasteiger partial charge in [0.25, 0.3) is 0 Å². The van der Waals surface area contributed by atoms with Crippen LogP contribution in [0, 0.1) is 5.82 Å². The van der Waals surface area contributed by atoms with E-state index in [9.17, 15) is 14.0 Å². The molecule has 0 aromatic heterocycles. The van der Waals surface area contributed by atoms with Gasteiger partial charge in [0, 0.05) is 17.1 Å². The van der Waals surface area contributed by atoms with E-state index in [1.807, 2.05) is 6.92 Å². The lowest BCUT2D eigenvalue weighted by Crippen LogP contribution is -2.45. The van der Waals surface area contributed by atoms with E-state index in [-0.39, 0.29) is 22.9 Å². The molecule has 0 unspecified atom stereocenters. The fraction of sp³-hybridized carbons (Fsp3) is 0.429. The Bertz CT molecular complexity index is 474. The summed E-state index contributed by atoms with van der Waals surface area (Å²) in [6.45, 7) is 4.06. The normalized spacial score (nSPS) is 11.8. The van der Waals surface area contributed by atoms with Gasteiger partial charge in [0.2, 0.25) is 11.8 Å². The maximum atomic E-state index is 13.5. The summed E-state index contributed by atoms with van der Waals surface area (Å²) in [4.78, 5) is 23.4. The molecule has 0 bridgehead atoms. The van der Waals surface area contributed by atoms with Gasteiger partial charge in [-0.25, -0.2) is 4.39 Å². The Kier molecular flexibility index (Phi) is 6.45. The van der Waals surface area contributed by atoms with Crippen LogP contribution in [0.3, 0.4) is 0 Å². The Hall–Kier alpha value is -1.62. The molecule has 6 heteroatoms. The van der Waals surface area contributed by atoms with Gasteiger partial charge in [-0.1, -0.05) is 24.6 Å². The Morgan fingerprint density at radius 3 is 2.70 bits per heavy atom. The zero-order chi connectivity index (χ0) is 15.1. The van der Waals surface area contributed by atoms with E-state index < -0.39 is 17.8 Å². The number of hydrogen-bond acceptors (Lipinski definition) is 2. The number of halogens is 2. The highest BCUT2D eigenvalue weighted by molar-refractivity contribution is 6.31. The minimum atomic E-state index is -0.667. The summed E-state index contributed by atoms with van der Waals surface area (Å²) >= 11 is 5.84. The summed E-state index contributed by atoms with van der Waals surface area (Å²) in [6.07, 6.45) is 0.619. The van der Waals surface area contributed by atoms with Crippen LogP contribution in [-0.2, 0) is 16.0 Å². The van der Waals surface area contributed by atoms with Gasteiger partial charge in [-0.05, 0) is 25.5 Å². The number of benzene rings is 1. The van der Waals surface area contributed by atoms with Gasteiger partial charge in [0.1, 0.15) is 11.9 Å². The van der Waals surface area contributed by atoms with Crippen LogP contribution in [0.5, 0.6) is 0 Å². The monoisotopic (exact) mass is 300 g/mol. The average molecular weight is 301 g/mol. The molecular weight excluding hydrogens is 283 g/mol. The average Bonchev–Trinajstić information content (AvgIpc) is 2.40. The molecule has 0 spiro atoms. The molecule has 20 heavy (non-hydrogen) atoms. The molecule has 4 nitrogen and oxygen atoms in total. The molecule has 0 saturated carbocycles. The Morgan fingerprint density at radius 1 is 1.40 bits per heavy atom. The van der Waals surface area contributed by atoms with Crippen molar-refractivity contribution in [1.82, 2.24) is 10.6 Å². The summed E-state index contributed by atoms with van der Waals surface area (Å²) < 4.78 is 13.5. The molecule has 0 radical (unpaired) electrons. The fourth-order valence-corrected chi connectivity index (χ4v) is 1.85. The molecule has 2 N–H and O–H groups in total. The summed E-state index contributed by atoms with van der Waals surface area (Å²) in [5.74, 6) is -1.24. The van der Waals surface area contributed by atoms with Crippen LogP contribution in [-0.4, -0.2) is 24.4 Å². The van der Waals surface area contributed by atoms with Crippen LogP contribution in [0.1, 0.15) is 25.8 Å². The van der Waals surface area contributed by atoms with E-state index in [4.69, 9.17) is 11.6 Å². The zero-order valence-electron chi connectivity index (χ0n) is 11.5. The topological polar surface area (TPSA) is 58.2 Å². The second-order valence-electron chi connectivity index (χ2n) is 4.46. The van der Waals surface area contributed by atoms with E-state index in [1.54, 1.807) is 6.92 Å². The minimum Gasteiger partial charge on any atom is -0.354 e. The minimum absolute atomic E-state index is 0.132. The molecule has 1 rings (SSSR count). The highest BCUT2D eigenvalue weighted by atomic mass is 35.5. The first-order chi connectivity index (χ1) is 9.45. The predicted molar refractivity (Wildman–Crippen MR) is 76.0 cm³/mol. The van der Waals surface area contributed by atoms with Crippen LogP contribution in [0.15, 0.2) is 18.2 Å². The summed E-state index contributed by atoms with van der Waals surface area (Å²) in [7, 11) is 0. The summed E-state index contributed by atoms with van der Waals surface area (Å²) in [6, 6.07) is 3.57. The summed E-state index contributed by atoms with van der Waals surface area (Å²) in [5.41, 5.74) is 0.132. The third-order valence-electron chi connectivity index (χ3n) is 2.72. The van der Waals surface area contributed by atoms with Crippen molar-refractivity contribution < 1.29 is 14.0 Å². The Morgan fingerprint density at radius 2 is 2.10 bits per heavy atom. The van der Waals surface area contributed by atoms with Gasteiger partial charge in [-0.2, -0.15) is 0 Å². The molecule has 0 fully saturated rings. The van der Waals surface area contributed by atoms with Crippen molar-refractivity contribution in [3.63, 3.8) is 0 Å². The zero-order valence-corrected chi connectivity index (χ0v) is 12.3. The van der Waals surface area contributed by atoms with Gasteiger partial charge in [-0.3, -0.25) is 9.59 Å².